The minimum absolute atomic E-state index is 0.109. The largest absolute Gasteiger partial charge is 0.481 e. The van der Waals surface area contributed by atoms with Crippen LogP contribution in [0.1, 0.15) is 110 Å². The highest BCUT2D eigenvalue weighted by Gasteiger charge is 2.01. The molecular formula is C20H39NO3. The highest BCUT2D eigenvalue weighted by atomic mass is 16.4. The fraction of sp³-hybridized carbons (Fsp3) is 0.900. The molecule has 0 aromatic heterocycles. The molecule has 0 heterocycles. The number of carbonyl (C=O) groups excluding carboxylic acids is 1. The van der Waals surface area contributed by atoms with E-state index >= 15 is 0 Å². The second kappa shape index (κ2) is 18.3. The number of unbranched alkanes of at least 4 members (excludes halogenated alkanes) is 12. The van der Waals surface area contributed by atoms with E-state index in [1.807, 2.05) is 0 Å². The van der Waals surface area contributed by atoms with Gasteiger partial charge in [-0.3, -0.25) is 9.59 Å². The molecule has 0 aliphatic rings. The average Bonchev–Trinajstić information content (AvgIpc) is 2.55. The lowest BCUT2D eigenvalue weighted by molar-refractivity contribution is -0.137. The summed E-state index contributed by atoms with van der Waals surface area (Å²) >= 11 is 0. The lowest BCUT2D eigenvalue weighted by Crippen LogP contribution is -2.24. The van der Waals surface area contributed by atoms with Gasteiger partial charge in [-0.25, -0.2) is 0 Å². The van der Waals surface area contributed by atoms with E-state index in [1.165, 1.54) is 64.2 Å². The third kappa shape index (κ3) is 19.0. The lowest BCUT2D eigenvalue weighted by Gasteiger charge is -2.05. The van der Waals surface area contributed by atoms with Gasteiger partial charge >= 0.3 is 5.97 Å². The highest BCUT2D eigenvalue weighted by molar-refractivity contribution is 5.75. The molecule has 0 aromatic carbocycles. The van der Waals surface area contributed by atoms with Gasteiger partial charge in [0.05, 0.1) is 0 Å². The number of aliphatic carboxylic acids is 1. The SMILES string of the molecule is CCCCCCCCCCCCCCC(=O)NCCCCC(=O)O. The van der Waals surface area contributed by atoms with Crippen LogP contribution in [0.5, 0.6) is 0 Å². The molecule has 24 heavy (non-hydrogen) atoms. The second-order valence-corrected chi connectivity index (χ2v) is 6.84. The number of carboxylic acids is 1. The van der Waals surface area contributed by atoms with Gasteiger partial charge in [-0.15, -0.1) is 0 Å². The predicted octanol–water partition coefficient (Wildman–Crippen LogP) is 5.45. The molecule has 0 saturated carbocycles. The van der Waals surface area contributed by atoms with Crippen LogP contribution in [0.3, 0.4) is 0 Å². The summed E-state index contributed by atoms with van der Waals surface area (Å²) in [4.78, 5) is 21.9. The molecule has 1 amide bonds. The molecule has 4 nitrogen and oxygen atoms in total. The van der Waals surface area contributed by atoms with Crippen molar-refractivity contribution in [2.75, 3.05) is 6.54 Å². The Morgan fingerprint density at radius 1 is 0.667 bits per heavy atom. The quantitative estimate of drug-likeness (QED) is 0.326. The van der Waals surface area contributed by atoms with Crippen molar-refractivity contribution in [3.8, 4) is 0 Å². The zero-order valence-electron chi connectivity index (χ0n) is 15.8. The predicted molar refractivity (Wildman–Crippen MR) is 100 cm³/mol. The zero-order chi connectivity index (χ0) is 17.9. The van der Waals surface area contributed by atoms with Gasteiger partial charge in [0.1, 0.15) is 0 Å². The van der Waals surface area contributed by atoms with Crippen LogP contribution in [-0.4, -0.2) is 23.5 Å². The summed E-state index contributed by atoms with van der Waals surface area (Å²) in [6.45, 7) is 2.86. The minimum atomic E-state index is -0.766. The number of amides is 1. The van der Waals surface area contributed by atoms with Gasteiger partial charge in [-0.05, 0) is 19.3 Å². The molecule has 0 rings (SSSR count). The van der Waals surface area contributed by atoms with Crippen molar-refractivity contribution in [2.24, 2.45) is 0 Å². The Morgan fingerprint density at radius 2 is 1.12 bits per heavy atom. The number of hydrogen-bond donors (Lipinski definition) is 2. The van der Waals surface area contributed by atoms with Gasteiger partial charge in [0.25, 0.3) is 0 Å². The normalized spacial score (nSPS) is 10.7. The maximum atomic E-state index is 11.6. The Bertz CT molecular complexity index is 305. The lowest BCUT2D eigenvalue weighted by atomic mass is 10.0. The number of carbonyl (C=O) groups is 2. The zero-order valence-corrected chi connectivity index (χ0v) is 15.8. The summed E-state index contributed by atoms with van der Waals surface area (Å²) in [5, 5.41) is 11.4. The van der Waals surface area contributed by atoms with E-state index in [4.69, 9.17) is 5.11 Å². The van der Waals surface area contributed by atoms with Crippen LogP contribution in [0.25, 0.3) is 0 Å². The van der Waals surface area contributed by atoms with Crippen LogP contribution in [-0.2, 0) is 9.59 Å². The van der Waals surface area contributed by atoms with E-state index in [2.05, 4.69) is 12.2 Å². The highest BCUT2D eigenvalue weighted by Crippen LogP contribution is 2.12. The van der Waals surface area contributed by atoms with Crippen LogP contribution in [0.4, 0.5) is 0 Å². The summed E-state index contributed by atoms with van der Waals surface area (Å²) in [6, 6.07) is 0. The van der Waals surface area contributed by atoms with Crippen LogP contribution in [0, 0.1) is 0 Å². The standard InChI is InChI=1S/C20H39NO3/c1-2-3-4-5-6-7-8-9-10-11-12-13-16-19(22)21-18-15-14-17-20(23)24/h2-18H2,1H3,(H,21,22)(H,23,24). The van der Waals surface area contributed by atoms with Crippen molar-refractivity contribution in [3.63, 3.8) is 0 Å². The molecule has 0 bridgehead atoms. The molecule has 0 saturated heterocycles. The molecule has 142 valence electrons. The molecule has 0 spiro atoms. The van der Waals surface area contributed by atoms with Gasteiger partial charge in [0, 0.05) is 19.4 Å². The maximum Gasteiger partial charge on any atom is 0.303 e. The summed E-state index contributed by atoms with van der Waals surface area (Å²) < 4.78 is 0. The summed E-state index contributed by atoms with van der Waals surface area (Å²) in [6.07, 6.45) is 17.8. The Kier molecular flexibility index (Phi) is 17.5. The first-order valence-corrected chi connectivity index (χ1v) is 10.1. The van der Waals surface area contributed by atoms with Crippen molar-refractivity contribution < 1.29 is 14.7 Å². The van der Waals surface area contributed by atoms with Gasteiger partial charge < -0.3 is 10.4 Å². The van der Waals surface area contributed by atoms with E-state index in [0.29, 0.717) is 19.4 Å². The Balaban J connectivity index is 3.15. The van der Waals surface area contributed by atoms with Gasteiger partial charge in [-0.2, -0.15) is 0 Å². The van der Waals surface area contributed by atoms with Crippen LogP contribution in [0.15, 0.2) is 0 Å². The van der Waals surface area contributed by atoms with E-state index < -0.39 is 5.97 Å². The summed E-state index contributed by atoms with van der Waals surface area (Å²) in [7, 11) is 0. The number of rotatable bonds is 18. The molecule has 0 aromatic rings. The average molecular weight is 342 g/mol. The Hall–Kier alpha value is -1.06. The molecule has 0 unspecified atom stereocenters. The molecule has 0 radical (unpaired) electrons. The van der Waals surface area contributed by atoms with E-state index in [9.17, 15) is 9.59 Å². The number of nitrogens with one attached hydrogen (secondary N) is 1. The van der Waals surface area contributed by atoms with Gasteiger partial charge in [0.2, 0.25) is 5.91 Å². The first kappa shape index (κ1) is 22.9. The van der Waals surface area contributed by atoms with Crippen molar-refractivity contribution in [3.05, 3.63) is 0 Å². The smallest absolute Gasteiger partial charge is 0.303 e. The van der Waals surface area contributed by atoms with Gasteiger partial charge in [-0.1, -0.05) is 77.6 Å². The van der Waals surface area contributed by atoms with Crippen molar-refractivity contribution >= 4 is 11.9 Å². The van der Waals surface area contributed by atoms with Crippen molar-refractivity contribution in [1.29, 1.82) is 0 Å². The molecule has 2 N–H and O–H groups in total. The van der Waals surface area contributed by atoms with Crippen molar-refractivity contribution in [1.82, 2.24) is 5.32 Å². The molecular weight excluding hydrogens is 302 g/mol. The summed E-state index contributed by atoms with van der Waals surface area (Å²) in [5.41, 5.74) is 0. The number of carboxylic acid groups (broad SMARTS) is 1. The molecule has 0 aliphatic heterocycles. The van der Waals surface area contributed by atoms with E-state index in [1.54, 1.807) is 0 Å². The summed E-state index contributed by atoms with van der Waals surface area (Å²) in [5.74, 6) is -0.657. The molecule has 4 heteroatoms. The van der Waals surface area contributed by atoms with Gasteiger partial charge in [0.15, 0.2) is 0 Å². The second-order valence-electron chi connectivity index (χ2n) is 6.84. The Labute approximate surface area is 148 Å². The topological polar surface area (TPSA) is 66.4 Å². The number of hydrogen-bond acceptors (Lipinski definition) is 2. The molecule has 0 fully saturated rings. The van der Waals surface area contributed by atoms with Crippen molar-refractivity contribution in [2.45, 2.75) is 110 Å². The van der Waals surface area contributed by atoms with E-state index in [0.717, 1.165) is 19.3 Å². The Morgan fingerprint density at radius 3 is 1.62 bits per heavy atom. The third-order valence-electron chi connectivity index (χ3n) is 4.40. The fourth-order valence-corrected chi connectivity index (χ4v) is 2.84. The maximum absolute atomic E-state index is 11.6. The first-order valence-electron chi connectivity index (χ1n) is 10.1. The van der Waals surface area contributed by atoms with Crippen LogP contribution < -0.4 is 5.32 Å². The van der Waals surface area contributed by atoms with Crippen LogP contribution >= 0.6 is 0 Å². The minimum Gasteiger partial charge on any atom is -0.481 e. The third-order valence-corrected chi connectivity index (χ3v) is 4.40. The van der Waals surface area contributed by atoms with Crippen LogP contribution in [0.2, 0.25) is 0 Å². The monoisotopic (exact) mass is 341 g/mol. The molecule has 0 aliphatic carbocycles. The molecule has 0 atom stereocenters. The first-order chi connectivity index (χ1) is 11.7. The van der Waals surface area contributed by atoms with E-state index in [-0.39, 0.29) is 12.3 Å². The fourth-order valence-electron chi connectivity index (χ4n) is 2.84.